The van der Waals surface area contributed by atoms with Gasteiger partial charge >= 0.3 is 0 Å². The van der Waals surface area contributed by atoms with E-state index in [2.05, 4.69) is 33.0 Å². The zero-order valence-electron chi connectivity index (χ0n) is 16.3. The highest BCUT2D eigenvalue weighted by atomic mass is 16.2. The van der Waals surface area contributed by atoms with Crippen molar-refractivity contribution in [1.82, 2.24) is 30.3 Å². The number of nitrogens with one attached hydrogen (secondary N) is 2. The molecule has 3 heterocycles. The summed E-state index contributed by atoms with van der Waals surface area (Å²) in [5.41, 5.74) is 8.67. The second-order valence-corrected chi connectivity index (χ2v) is 7.29. The topological polar surface area (TPSA) is 75.1 Å². The molecule has 0 spiro atoms. The Bertz CT molecular complexity index is 884. The van der Waals surface area contributed by atoms with Crippen molar-refractivity contribution in [3.05, 3.63) is 84.7 Å². The molecule has 1 aliphatic rings. The van der Waals surface area contributed by atoms with Crippen molar-refractivity contribution in [2.75, 3.05) is 13.1 Å². The number of imidazole rings is 1. The van der Waals surface area contributed by atoms with E-state index in [4.69, 9.17) is 0 Å². The molecular formula is C22H26N6O. The van der Waals surface area contributed by atoms with Crippen molar-refractivity contribution in [2.24, 2.45) is 5.92 Å². The van der Waals surface area contributed by atoms with Gasteiger partial charge in [0.25, 0.3) is 0 Å². The molecule has 0 bridgehead atoms. The molecule has 0 saturated carbocycles. The van der Waals surface area contributed by atoms with Gasteiger partial charge in [-0.1, -0.05) is 30.3 Å². The largest absolute Gasteiger partial charge is 0.338 e. The first-order chi connectivity index (χ1) is 14.3. The Hall–Kier alpha value is -3.03. The highest BCUT2D eigenvalue weighted by Gasteiger charge is 2.36. The van der Waals surface area contributed by atoms with Gasteiger partial charge in [0, 0.05) is 51.0 Å². The molecule has 2 unspecified atom stereocenters. The quantitative estimate of drug-likeness (QED) is 0.617. The van der Waals surface area contributed by atoms with Crippen molar-refractivity contribution in [3.63, 3.8) is 0 Å². The zero-order chi connectivity index (χ0) is 19.9. The first-order valence-electron chi connectivity index (χ1n) is 9.98. The summed E-state index contributed by atoms with van der Waals surface area (Å²) in [5, 5.41) is 0. The molecule has 0 radical (unpaired) electrons. The predicted octanol–water partition coefficient (Wildman–Crippen LogP) is 2.16. The maximum atomic E-state index is 13.5. The normalized spacial score (nSPS) is 18.6. The smallest absolute Gasteiger partial charge is 0.229 e. The Balaban J connectivity index is 1.48. The lowest BCUT2D eigenvalue weighted by Crippen LogP contribution is -2.39. The van der Waals surface area contributed by atoms with Crippen LogP contribution in [0.4, 0.5) is 0 Å². The highest BCUT2D eigenvalue weighted by molar-refractivity contribution is 5.80. The summed E-state index contributed by atoms with van der Waals surface area (Å²) in [6, 6.07) is 14.1. The lowest BCUT2D eigenvalue weighted by atomic mass is 9.93. The molecule has 1 saturated heterocycles. The summed E-state index contributed by atoms with van der Waals surface area (Å²) in [6.07, 6.45) is 9.96. The Labute approximate surface area is 170 Å². The number of rotatable bonds is 8. The van der Waals surface area contributed by atoms with E-state index < -0.39 is 0 Å². The summed E-state index contributed by atoms with van der Waals surface area (Å²) >= 11 is 0. The van der Waals surface area contributed by atoms with Crippen LogP contribution in [-0.2, 0) is 17.9 Å². The maximum absolute atomic E-state index is 13.5. The van der Waals surface area contributed by atoms with Gasteiger partial charge in [0.1, 0.15) is 0 Å². The number of aryl methyl sites for hydroxylation is 1. The number of hydrogen-bond acceptors (Lipinski definition) is 5. The highest BCUT2D eigenvalue weighted by Crippen LogP contribution is 2.27. The van der Waals surface area contributed by atoms with E-state index >= 15 is 0 Å². The van der Waals surface area contributed by atoms with E-state index in [0.717, 1.165) is 24.1 Å². The van der Waals surface area contributed by atoms with Gasteiger partial charge < -0.3 is 9.47 Å². The van der Waals surface area contributed by atoms with Crippen LogP contribution in [0.1, 0.15) is 23.6 Å². The number of carbonyl (C=O) groups excluding carboxylic acids is 1. The van der Waals surface area contributed by atoms with Crippen LogP contribution in [0.3, 0.4) is 0 Å². The summed E-state index contributed by atoms with van der Waals surface area (Å²) in [4.78, 5) is 23.7. The summed E-state index contributed by atoms with van der Waals surface area (Å²) in [5.74, 6) is 0.0197. The van der Waals surface area contributed by atoms with Crippen molar-refractivity contribution in [2.45, 2.75) is 25.6 Å². The minimum atomic E-state index is -0.146. The van der Waals surface area contributed by atoms with Crippen molar-refractivity contribution in [1.29, 1.82) is 0 Å². The van der Waals surface area contributed by atoms with Crippen molar-refractivity contribution in [3.8, 4) is 0 Å². The molecule has 1 fully saturated rings. The van der Waals surface area contributed by atoms with Crippen LogP contribution in [0.5, 0.6) is 0 Å². The number of amides is 1. The molecule has 2 N–H and O–H groups in total. The van der Waals surface area contributed by atoms with Crippen molar-refractivity contribution >= 4 is 5.91 Å². The number of hydrogen-bond donors (Lipinski definition) is 2. The Morgan fingerprint density at radius 2 is 1.93 bits per heavy atom. The molecule has 7 nitrogen and oxygen atoms in total. The summed E-state index contributed by atoms with van der Waals surface area (Å²) in [6.45, 7) is 2.73. The SMILES string of the molecule is O=C(C1CNNC1c1ccccc1)N(CCCn1ccnc1)Cc1ccncc1. The Kier molecular flexibility index (Phi) is 6.29. The van der Waals surface area contributed by atoms with E-state index in [9.17, 15) is 4.79 Å². The van der Waals surface area contributed by atoms with Crippen LogP contribution in [-0.4, -0.2) is 38.4 Å². The van der Waals surface area contributed by atoms with Crippen LogP contribution in [0.25, 0.3) is 0 Å². The molecule has 3 aromatic rings. The molecule has 1 amide bonds. The first-order valence-corrected chi connectivity index (χ1v) is 9.98. The third kappa shape index (κ3) is 4.88. The van der Waals surface area contributed by atoms with Gasteiger partial charge in [-0.25, -0.2) is 10.4 Å². The molecule has 2 aromatic heterocycles. The van der Waals surface area contributed by atoms with Gasteiger partial charge in [0.2, 0.25) is 5.91 Å². The van der Waals surface area contributed by atoms with E-state index in [1.54, 1.807) is 18.6 Å². The monoisotopic (exact) mass is 390 g/mol. The fraction of sp³-hybridized carbons (Fsp3) is 0.318. The van der Waals surface area contributed by atoms with Gasteiger partial charge in [-0.3, -0.25) is 15.2 Å². The first kappa shape index (κ1) is 19.3. The number of hydrazine groups is 1. The number of aromatic nitrogens is 3. The lowest BCUT2D eigenvalue weighted by molar-refractivity contribution is -0.136. The van der Waals surface area contributed by atoms with Gasteiger partial charge in [0.15, 0.2) is 0 Å². The van der Waals surface area contributed by atoms with Gasteiger partial charge in [0.05, 0.1) is 18.3 Å². The van der Waals surface area contributed by atoms with Crippen LogP contribution >= 0.6 is 0 Å². The number of carbonyl (C=O) groups is 1. The fourth-order valence-electron chi connectivity index (χ4n) is 3.78. The average molecular weight is 390 g/mol. The minimum absolute atomic E-state index is 0.0303. The molecule has 29 heavy (non-hydrogen) atoms. The second kappa shape index (κ2) is 9.45. The summed E-state index contributed by atoms with van der Waals surface area (Å²) < 4.78 is 2.04. The number of nitrogens with zero attached hydrogens (tertiary/aromatic N) is 4. The van der Waals surface area contributed by atoms with Crippen molar-refractivity contribution < 1.29 is 4.79 Å². The minimum Gasteiger partial charge on any atom is -0.338 e. The molecule has 7 heteroatoms. The van der Waals surface area contributed by atoms with Crippen LogP contribution < -0.4 is 10.9 Å². The number of pyridine rings is 1. The third-order valence-corrected chi connectivity index (χ3v) is 5.30. The standard InChI is InChI=1S/C22H26N6O/c29-22(20-15-25-26-21(20)19-5-2-1-3-6-19)28(16-18-7-9-23-10-8-18)13-4-12-27-14-11-24-17-27/h1-3,5-11,14,17,20-21,25-26H,4,12-13,15-16H2. The molecule has 150 valence electrons. The molecule has 1 aromatic carbocycles. The fourth-order valence-corrected chi connectivity index (χ4v) is 3.78. The molecule has 4 rings (SSSR count). The average Bonchev–Trinajstić information content (AvgIpc) is 3.46. The zero-order valence-corrected chi connectivity index (χ0v) is 16.3. The van der Waals surface area contributed by atoms with Gasteiger partial charge in [-0.05, 0) is 29.7 Å². The second-order valence-electron chi connectivity index (χ2n) is 7.29. The molecular weight excluding hydrogens is 364 g/mol. The van der Waals surface area contributed by atoms with Gasteiger partial charge in [-0.15, -0.1) is 0 Å². The lowest BCUT2D eigenvalue weighted by Gasteiger charge is -2.28. The van der Waals surface area contributed by atoms with E-state index in [0.29, 0.717) is 19.6 Å². The summed E-state index contributed by atoms with van der Waals surface area (Å²) in [7, 11) is 0. The Morgan fingerprint density at radius 1 is 1.10 bits per heavy atom. The van der Waals surface area contributed by atoms with E-state index in [1.807, 2.05) is 52.3 Å². The number of benzene rings is 1. The third-order valence-electron chi connectivity index (χ3n) is 5.30. The van der Waals surface area contributed by atoms with E-state index in [-0.39, 0.29) is 17.9 Å². The van der Waals surface area contributed by atoms with E-state index in [1.165, 1.54) is 0 Å². The van der Waals surface area contributed by atoms with Crippen LogP contribution in [0, 0.1) is 5.92 Å². The molecule has 0 aliphatic carbocycles. The van der Waals surface area contributed by atoms with Gasteiger partial charge in [-0.2, -0.15) is 0 Å². The predicted molar refractivity (Wildman–Crippen MR) is 110 cm³/mol. The maximum Gasteiger partial charge on any atom is 0.229 e. The van der Waals surface area contributed by atoms with Crippen LogP contribution in [0.15, 0.2) is 73.6 Å². The molecule has 2 atom stereocenters. The molecule has 1 aliphatic heterocycles. The Morgan fingerprint density at radius 3 is 2.69 bits per heavy atom. The van der Waals surface area contributed by atoms with Crippen LogP contribution in [0.2, 0.25) is 0 Å².